The summed E-state index contributed by atoms with van der Waals surface area (Å²) in [6.07, 6.45) is 0.714. The maximum atomic E-state index is 13.4. The van der Waals surface area contributed by atoms with Crippen LogP contribution in [-0.2, 0) is 10.0 Å². The lowest BCUT2D eigenvalue weighted by molar-refractivity contribution is 0.150. The number of alkyl halides is 3. The van der Waals surface area contributed by atoms with Crippen LogP contribution in [-0.4, -0.2) is 70.2 Å². The highest BCUT2D eigenvalue weighted by Crippen LogP contribution is 2.38. The van der Waals surface area contributed by atoms with Crippen LogP contribution in [0.15, 0.2) is 17.2 Å². The number of hydrogen-bond donors (Lipinski definition) is 2. The highest BCUT2D eigenvalue weighted by Gasteiger charge is 2.46. The van der Waals surface area contributed by atoms with Crippen molar-refractivity contribution in [2.45, 2.75) is 42.5 Å². The molecule has 3 aromatic heterocycles. The van der Waals surface area contributed by atoms with Crippen molar-refractivity contribution in [3.8, 4) is 10.8 Å². The van der Waals surface area contributed by atoms with Crippen LogP contribution in [0.3, 0.4) is 0 Å². The van der Waals surface area contributed by atoms with Crippen molar-refractivity contribution < 1.29 is 26.7 Å². The lowest BCUT2D eigenvalue weighted by Crippen LogP contribution is -2.39. The summed E-state index contributed by atoms with van der Waals surface area (Å²) < 4.78 is 69.7. The molecule has 0 atom stereocenters. The molecule has 2 fully saturated rings. The van der Waals surface area contributed by atoms with Crippen LogP contribution < -0.4 is 9.62 Å². The van der Waals surface area contributed by atoms with Gasteiger partial charge < -0.3 is 10.0 Å². The molecule has 1 saturated carbocycles. The largest absolute Gasteiger partial charge is 0.396 e. The topological polar surface area (TPSA) is 126 Å². The first-order chi connectivity index (χ1) is 16.2. The number of halogens is 3. The third-order valence-electron chi connectivity index (χ3n) is 6.26. The maximum absolute atomic E-state index is 13.4. The van der Waals surface area contributed by atoms with Crippen LogP contribution >= 0.6 is 11.3 Å². The van der Waals surface area contributed by atoms with Crippen molar-refractivity contribution in [2.75, 3.05) is 31.3 Å². The number of pyridine rings is 1. The van der Waals surface area contributed by atoms with E-state index in [0.717, 1.165) is 0 Å². The van der Waals surface area contributed by atoms with Crippen molar-refractivity contribution >= 4 is 32.7 Å². The molecular weight excluding hydrogens is 495 g/mol. The van der Waals surface area contributed by atoms with Gasteiger partial charge in [-0.1, -0.05) is 11.3 Å². The number of hydrogen-bond acceptors (Lipinski definition) is 9. The van der Waals surface area contributed by atoms with Gasteiger partial charge in [-0.3, -0.25) is 4.40 Å². The van der Waals surface area contributed by atoms with E-state index in [4.69, 9.17) is 0 Å². The standard InChI is InChI=1S/C19H22F3N7O3S2/c20-10-19(3-4-19)27-34(31,32)12-7-13(28-5-1-11(9-30)2-6-28)15-23-24-16(29(15)8-12)18-26-25-17(33-18)14(21)22/h7-8,11,14,27,30H,1-6,9-10H2. The predicted molar refractivity (Wildman–Crippen MR) is 117 cm³/mol. The molecule has 184 valence electrons. The quantitative estimate of drug-likeness (QED) is 0.466. The van der Waals surface area contributed by atoms with Crippen molar-refractivity contribution in [3.63, 3.8) is 0 Å². The molecule has 34 heavy (non-hydrogen) atoms. The van der Waals surface area contributed by atoms with E-state index < -0.39 is 33.7 Å². The Bertz CT molecular complexity index is 1300. The van der Waals surface area contributed by atoms with Crippen LogP contribution in [0.1, 0.15) is 37.1 Å². The molecule has 0 unspecified atom stereocenters. The number of nitrogens with zero attached hydrogens (tertiary/aromatic N) is 6. The number of piperidine rings is 1. The van der Waals surface area contributed by atoms with Crippen molar-refractivity contribution in [3.05, 3.63) is 17.3 Å². The molecule has 5 rings (SSSR count). The first-order valence-corrected chi connectivity index (χ1v) is 13.0. The van der Waals surface area contributed by atoms with Gasteiger partial charge in [-0.05, 0) is 37.7 Å². The second-order valence-corrected chi connectivity index (χ2v) is 11.3. The van der Waals surface area contributed by atoms with Crippen molar-refractivity contribution in [2.24, 2.45) is 5.92 Å². The summed E-state index contributed by atoms with van der Waals surface area (Å²) in [7, 11) is -4.11. The molecule has 15 heteroatoms. The van der Waals surface area contributed by atoms with E-state index in [9.17, 15) is 26.7 Å². The Hall–Kier alpha value is -2.36. The average molecular weight is 518 g/mol. The van der Waals surface area contributed by atoms with Crippen LogP contribution in [0.4, 0.5) is 18.9 Å². The summed E-state index contributed by atoms with van der Waals surface area (Å²) in [6, 6.07) is 1.47. The summed E-state index contributed by atoms with van der Waals surface area (Å²) in [4.78, 5) is 1.82. The molecule has 0 bridgehead atoms. The average Bonchev–Trinajstić information content (AvgIpc) is 3.22. The smallest absolute Gasteiger partial charge is 0.291 e. The van der Waals surface area contributed by atoms with E-state index in [2.05, 4.69) is 25.1 Å². The van der Waals surface area contributed by atoms with E-state index >= 15 is 0 Å². The molecule has 2 N–H and O–H groups in total. The van der Waals surface area contributed by atoms with Crippen LogP contribution in [0.2, 0.25) is 0 Å². The summed E-state index contributed by atoms with van der Waals surface area (Å²) in [5, 5.41) is 24.6. The zero-order valence-electron chi connectivity index (χ0n) is 17.9. The van der Waals surface area contributed by atoms with Crippen molar-refractivity contribution in [1.29, 1.82) is 0 Å². The maximum Gasteiger partial charge on any atom is 0.291 e. The first-order valence-electron chi connectivity index (χ1n) is 10.7. The van der Waals surface area contributed by atoms with Crippen molar-refractivity contribution in [1.82, 2.24) is 29.5 Å². The summed E-state index contributed by atoms with van der Waals surface area (Å²) in [5.74, 6) is 0.234. The minimum Gasteiger partial charge on any atom is -0.396 e. The number of aromatic nitrogens is 5. The molecule has 4 heterocycles. The number of aliphatic hydroxyl groups is 1. The van der Waals surface area contributed by atoms with Gasteiger partial charge in [0.05, 0.1) is 11.2 Å². The van der Waals surface area contributed by atoms with Crippen LogP contribution in [0.5, 0.6) is 0 Å². The van der Waals surface area contributed by atoms with Gasteiger partial charge in [-0.25, -0.2) is 26.3 Å². The minimum atomic E-state index is -4.11. The van der Waals surface area contributed by atoms with E-state index in [1.807, 2.05) is 4.90 Å². The lowest BCUT2D eigenvalue weighted by Gasteiger charge is -2.33. The van der Waals surface area contributed by atoms with E-state index in [1.54, 1.807) is 0 Å². The zero-order valence-corrected chi connectivity index (χ0v) is 19.5. The molecule has 3 aromatic rings. The third kappa shape index (κ3) is 4.25. The molecule has 10 nitrogen and oxygen atoms in total. The predicted octanol–water partition coefficient (Wildman–Crippen LogP) is 2.17. The molecule has 0 radical (unpaired) electrons. The van der Waals surface area contributed by atoms with Gasteiger partial charge in [0, 0.05) is 25.9 Å². The molecular formula is C19H22F3N7O3S2. The zero-order chi connectivity index (χ0) is 24.1. The Labute approximate surface area is 196 Å². The minimum absolute atomic E-state index is 0.0673. The van der Waals surface area contributed by atoms with Gasteiger partial charge in [-0.15, -0.1) is 20.4 Å². The number of nitrogens with one attached hydrogen (secondary N) is 1. The SMILES string of the molecule is O=S(=O)(NC1(CF)CC1)c1cc(N2CCC(CO)CC2)c2nnc(-c3nnc(C(F)F)s3)n2c1. The van der Waals surface area contributed by atoms with Crippen LogP contribution in [0.25, 0.3) is 16.5 Å². The third-order valence-corrected chi connectivity index (χ3v) is 8.73. The summed E-state index contributed by atoms with van der Waals surface area (Å²) in [6.45, 7) is 0.381. The Morgan fingerprint density at radius 1 is 1.21 bits per heavy atom. The fourth-order valence-electron chi connectivity index (χ4n) is 4.00. The van der Waals surface area contributed by atoms with Gasteiger partial charge in [0.1, 0.15) is 11.6 Å². The second kappa shape index (κ2) is 8.70. The van der Waals surface area contributed by atoms with E-state index in [-0.39, 0.29) is 28.3 Å². The molecule has 1 aliphatic heterocycles. The Balaban J connectivity index is 1.61. The number of fused-ring (bicyclic) bond motifs is 1. The lowest BCUT2D eigenvalue weighted by atomic mass is 9.97. The highest BCUT2D eigenvalue weighted by molar-refractivity contribution is 7.89. The highest BCUT2D eigenvalue weighted by atomic mass is 32.2. The normalized spacial score (nSPS) is 18.8. The van der Waals surface area contributed by atoms with Gasteiger partial charge in [0.2, 0.25) is 10.0 Å². The summed E-state index contributed by atoms with van der Waals surface area (Å²) in [5.41, 5.74) is -0.270. The monoisotopic (exact) mass is 517 g/mol. The molecule has 2 aliphatic rings. The number of sulfonamides is 1. The van der Waals surface area contributed by atoms with Gasteiger partial charge in [-0.2, -0.15) is 0 Å². The summed E-state index contributed by atoms with van der Waals surface area (Å²) >= 11 is 0.644. The van der Waals surface area contributed by atoms with Crippen LogP contribution in [0, 0.1) is 5.92 Å². The molecule has 1 aliphatic carbocycles. The van der Waals surface area contributed by atoms with Gasteiger partial charge >= 0.3 is 0 Å². The number of rotatable bonds is 8. The Kier molecular flexibility index (Phi) is 5.98. The Morgan fingerprint density at radius 3 is 2.53 bits per heavy atom. The number of anilines is 1. The molecule has 1 saturated heterocycles. The first kappa shape index (κ1) is 23.4. The van der Waals surface area contributed by atoms with Gasteiger partial charge in [0.25, 0.3) is 6.43 Å². The van der Waals surface area contributed by atoms with E-state index in [0.29, 0.717) is 61.4 Å². The molecule has 0 amide bonds. The molecule has 0 aromatic carbocycles. The Morgan fingerprint density at radius 2 is 1.94 bits per heavy atom. The molecule has 0 spiro atoms. The number of aliphatic hydroxyl groups excluding tert-OH is 1. The van der Waals surface area contributed by atoms with E-state index in [1.165, 1.54) is 16.7 Å². The fourth-order valence-corrected chi connectivity index (χ4v) is 6.14. The fraction of sp³-hybridized carbons (Fsp3) is 0.579. The van der Waals surface area contributed by atoms with Gasteiger partial charge in [0.15, 0.2) is 21.5 Å². The second-order valence-electron chi connectivity index (χ2n) is 8.66.